The highest BCUT2D eigenvalue weighted by atomic mass is 35.5. The highest BCUT2D eigenvalue weighted by Gasteiger charge is 2.56. The zero-order valence-electron chi connectivity index (χ0n) is 15.3. The smallest absolute Gasteiger partial charge is 0.259 e. The van der Waals surface area contributed by atoms with Gasteiger partial charge < -0.3 is 30.1 Å². The standard InChI is InChI=1S/C19H23ClN2O6/c1-27-17-7-15(25)16(9-23)28-19(17,18(26)22-13-2-3-14(13)24)11-4-10(8-21)5-12(20)6-11/h4-6,13-17,23-25H,2-3,7,9H2,1H3,(H,22,26)/t13-,14-,15?,16?,17?,19?/m1/s1. The maximum Gasteiger partial charge on any atom is 0.259 e. The molecule has 1 heterocycles. The third-order valence-corrected chi connectivity index (χ3v) is 5.71. The van der Waals surface area contributed by atoms with Gasteiger partial charge in [0.2, 0.25) is 0 Å². The molecular weight excluding hydrogens is 388 g/mol. The number of nitrogens with one attached hydrogen (secondary N) is 1. The Morgan fingerprint density at radius 2 is 2.14 bits per heavy atom. The fourth-order valence-corrected chi connectivity index (χ4v) is 3.97. The molecule has 1 aromatic carbocycles. The molecule has 1 aliphatic carbocycles. The molecule has 3 rings (SSSR count). The molecule has 1 saturated carbocycles. The van der Waals surface area contributed by atoms with Gasteiger partial charge in [0.15, 0.2) is 5.60 Å². The second-order valence-electron chi connectivity index (χ2n) is 7.17. The van der Waals surface area contributed by atoms with Crippen LogP contribution in [0.5, 0.6) is 0 Å². The van der Waals surface area contributed by atoms with Gasteiger partial charge in [0, 0.05) is 18.6 Å². The van der Waals surface area contributed by atoms with Crippen LogP contribution in [0.1, 0.15) is 30.4 Å². The van der Waals surface area contributed by atoms with Gasteiger partial charge >= 0.3 is 0 Å². The summed E-state index contributed by atoms with van der Waals surface area (Å²) in [6.07, 6.45) is -2.41. The maximum atomic E-state index is 13.4. The van der Waals surface area contributed by atoms with Crippen LogP contribution in [0.4, 0.5) is 0 Å². The number of nitrogens with zero attached hydrogens (tertiary/aromatic N) is 1. The van der Waals surface area contributed by atoms with E-state index in [4.69, 9.17) is 21.1 Å². The van der Waals surface area contributed by atoms with Gasteiger partial charge in [-0.25, -0.2) is 0 Å². The van der Waals surface area contributed by atoms with Gasteiger partial charge in [-0.05, 0) is 36.6 Å². The Hall–Kier alpha value is -1.73. The predicted molar refractivity (Wildman–Crippen MR) is 98.4 cm³/mol. The van der Waals surface area contributed by atoms with Gasteiger partial charge in [0.05, 0.1) is 36.5 Å². The van der Waals surface area contributed by atoms with Crippen molar-refractivity contribution in [2.75, 3.05) is 13.7 Å². The van der Waals surface area contributed by atoms with Crippen molar-refractivity contribution in [2.45, 2.75) is 55.3 Å². The van der Waals surface area contributed by atoms with E-state index >= 15 is 0 Å². The number of amides is 1. The largest absolute Gasteiger partial charge is 0.394 e. The molecule has 0 radical (unpaired) electrons. The Labute approximate surface area is 167 Å². The number of aliphatic hydroxyl groups is 3. The van der Waals surface area contributed by atoms with Gasteiger partial charge in [0.1, 0.15) is 12.2 Å². The van der Waals surface area contributed by atoms with E-state index in [-0.39, 0.29) is 22.6 Å². The number of rotatable bonds is 5. The quantitative estimate of drug-likeness (QED) is 0.545. The number of carbonyl (C=O) groups is 1. The van der Waals surface area contributed by atoms with E-state index < -0.39 is 48.6 Å². The number of halogens is 1. The maximum absolute atomic E-state index is 13.4. The van der Waals surface area contributed by atoms with E-state index in [1.54, 1.807) is 0 Å². The van der Waals surface area contributed by atoms with Crippen LogP contribution in [0.25, 0.3) is 0 Å². The Balaban J connectivity index is 2.10. The van der Waals surface area contributed by atoms with E-state index in [0.29, 0.717) is 12.8 Å². The lowest BCUT2D eigenvalue weighted by Gasteiger charge is -2.48. The SMILES string of the molecule is COC1CC(O)C(CO)OC1(C(=O)N[C@@H]1CC[C@H]1O)c1cc(Cl)cc(C#N)c1. The zero-order chi connectivity index (χ0) is 20.5. The number of aliphatic hydroxyl groups excluding tert-OH is 3. The third-order valence-electron chi connectivity index (χ3n) is 5.49. The number of benzene rings is 1. The van der Waals surface area contributed by atoms with Crippen molar-refractivity contribution < 1.29 is 29.6 Å². The van der Waals surface area contributed by atoms with E-state index in [1.807, 2.05) is 6.07 Å². The fraction of sp³-hybridized carbons (Fsp3) is 0.579. The Bertz CT molecular complexity index is 784. The molecule has 4 N–H and O–H groups in total. The minimum absolute atomic E-state index is 0.0246. The average molecular weight is 411 g/mol. The summed E-state index contributed by atoms with van der Waals surface area (Å²) in [4.78, 5) is 13.4. The van der Waals surface area contributed by atoms with Crippen molar-refractivity contribution >= 4 is 17.5 Å². The molecule has 1 amide bonds. The van der Waals surface area contributed by atoms with E-state index in [2.05, 4.69) is 5.32 Å². The molecule has 0 bridgehead atoms. The highest BCUT2D eigenvalue weighted by molar-refractivity contribution is 6.30. The predicted octanol–water partition coefficient (Wildman–Crippen LogP) is 0.204. The normalized spacial score (nSPS) is 34.9. The van der Waals surface area contributed by atoms with Crippen LogP contribution in [0.3, 0.4) is 0 Å². The number of methoxy groups -OCH3 is 1. The molecule has 1 aliphatic heterocycles. The number of hydrogen-bond acceptors (Lipinski definition) is 7. The van der Waals surface area contributed by atoms with Crippen molar-refractivity contribution in [1.82, 2.24) is 5.32 Å². The molecule has 8 nitrogen and oxygen atoms in total. The van der Waals surface area contributed by atoms with Crippen molar-refractivity contribution in [3.05, 3.63) is 34.3 Å². The molecule has 6 atom stereocenters. The van der Waals surface area contributed by atoms with Gasteiger partial charge in [-0.15, -0.1) is 0 Å². The zero-order valence-corrected chi connectivity index (χ0v) is 16.1. The minimum Gasteiger partial charge on any atom is -0.394 e. The van der Waals surface area contributed by atoms with Gasteiger partial charge in [-0.2, -0.15) is 5.26 Å². The molecule has 0 spiro atoms. The first-order chi connectivity index (χ1) is 13.3. The summed E-state index contributed by atoms with van der Waals surface area (Å²) in [6, 6.07) is 5.98. The van der Waals surface area contributed by atoms with E-state index in [0.717, 1.165) is 0 Å². The molecular formula is C19H23ClN2O6. The first-order valence-corrected chi connectivity index (χ1v) is 9.43. The second kappa shape index (κ2) is 8.33. The molecule has 2 aliphatic rings. The first-order valence-electron chi connectivity index (χ1n) is 9.05. The molecule has 0 aromatic heterocycles. The lowest BCUT2D eigenvalue weighted by Crippen LogP contribution is -2.65. The van der Waals surface area contributed by atoms with Gasteiger partial charge in [-0.3, -0.25) is 4.79 Å². The summed E-state index contributed by atoms with van der Waals surface area (Å²) in [5, 5.41) is 42.1. The third kappa shape index (κ3) is 3.62. The molecule has 152 valence electrons. The monoisotopic (exact) mass is 410 g/mol. The van der Waals surface area contributed by atoms with Crippen molar-refractivity contribution in [3.63, 3.8) is 0 Å². The molecule has 4 unspecified atom stereocenters. The number of nitriles is 1. The summed E-state index contributed by atoms with van der Waals surface area (Å²) in [6.45, 7) is -0.510. The van der Waals surface area contributed by atoms with E-state index in [1.165, 1.54) is 25.3 Å². The van der Waals surface area contributed by atoms with Crippen LogP contribution in [-0.4, -0.2) is 65.4 Å². The summed E-state index contributed by atoms with van der Waals surface area (Å²) in [5.74, 6) is -0.584. The van der Waals surface area contributed by atoms with Gasteiger partial charge in [-0.1, -0.05) is 11.6 Å². The molecule has 9 heteroatoms. The average Bonchev–Trinajstić information content (AvgIpc) is 2.69. The Kier molecular flexibility index (Phi) is 6.25. The van der Waals surface area contributed by atoms with Gasteiger partial charge in [0.25, 0.3) is 5.91 Å². The molecule has 1 saturated heterocycles. The first kappa shape index (κ1) is 21.0. The summed E-state index contributed by atoms with van der Waals surface area (Å²) in [5.41, 5.74) is -1.25. The van der Waals surface area contributed by atoms with Crippen LogP contribution < -0.4 is 5.32 Å². The summed E-state index contributed by atoms with van der Waals surface area (Å²) in [7, 11) is 1.38. The number of carbonyl (C=O) groups excluding carboxylic acids is 1. The Morgan fingerprint density at radius 1 is 1.39 bits per heavy atom. The molecule has 28 heavy (non-hydrogen) atoms. The van der Waals surface area contributed by atoms with Crippen molar-refractivity contribution in [1.29, 1.82) is 5.26 Å². The van der Waals surface area contributed by atoms with Crippen molar-refractivity contribution in [3.8, 4) is 6.07 Å². The number of ether oxygens (including phenoxy) is 2. The Morgan fingerprint density at radius 3 is 2.68 bits per heavy atom. The fourth-order valence-electron chi connectivity index (χ4n) is 3.73. The van der Waals surface area contributed by atoms with E-state index in [9.17, 15) is 25.4 Å². The topological polar surface area (TPSA) is 132 Å². The summed E-state index contributed by atoms with van der Waals surface area (Å²) < 4.78 is 11.5. The lowest BCUT2D eigenvalue weighted by molar-refractivity contribution is -0.241. The molecule has 2 fully saturated rings. The van der Waals surface area contributed by atoms with Crippen LogP contribution in [-0.2, 0) is 19.9 Å². The summed E-state index contributed by atoms with van der Waals surface area (Å²) >= 11 is 6.15. The van der Waals surface area contributed by atoms with Crippen LogP contribution >= 0.6 is 11.6 Å². The second-order valence-corrected chi connectivity index (χ2v) is 7.60. The highest BCUT2D eigenvalue weighted by Crippen LogP contribution is 2.42. The lowest BCUT2D eigenvalue weighted by atomic mass is 9.79. The minimum atomic E-state index is -1.76. The van der Waals surface area contributed by atoms with Crippen molar-refractivity contribution in [2.24, 2.45) is 0 Å². The molecule has 1 aromatic rings. The van der Waals surface area contributed by atoms with Crippen LogP contribution in [0.15, 0.2) is 18.2 Å². The number of hydrogen-bond donors (Lipinski definition) is 4. The van der Waals surface area contributed by atoms with Crippen LogP contribution in [0, 0.1) is 11.3 Å². The van der Waals surface area contributed by atoms with Crippen LogP contribution in [0.2, 0.25) is 5.02 Å².